The molecule has 152 valence electrons. The van der Waals surface area contributed by atoms with Gasteiger partial charge in [0.05, 0.1) is 6.21 Å². The van der Waals surface area contributed by atoms with Crippen molar-refractivity contribution in [3.63, 3.8) is 0 Å². The third kappa shape index (κ3) is 4.49. The lowest BCUT2D eigenvalue weighted by Crippen LogP contribution is -2.02. The fourth-order valence-corrected chi connectivity index (χ4v) is 3.52. The second-order valence-electron chi connectivity index (χ2n) is 7.08. The summed E-state index contributed by atoms with van der Waals surface area (Å²) in [4.78, 5) is 0. The van der Waals surface area contributed by atoms with E-state index in [2.05, 4.69) is 52.6 Å². The molecule has 5 nitrogen and oxygen atoms in total. The average molecular weight is 417 g/mol. The van der Waals surface area contributed by atoms with Gasteiger partial charge >= 0.3 is 0 Å². The van der Waals surface area contributed by atoms with Crippen LogP contribution in [0, 0.1) is 4.77 Å². The van der Waals surface area contributed by atoms with E-state index in [1.54, 1.807) is 4.68 Å². The molecule has 0 saturated carbocycles. The van der Waals surface area contributed by atoms with Crippen molar-refractivity contribution in [3.8, 4) is 5.75 Å². The van der Waals surface area contributed by atoms with Gasteiger partial charge < -0.3 is 4.74 Å². The number of aryl methyl sites for hydroxylation is 1. The fraction of sp³-hybridized carbons (Fsp3) is 0.208. The SMILES string of the molecule is CCCCc1n[nH]c(=S)n1N=Cc1c(OCc2ccccc2)ccc2ccccc12. The molecule has 3 aromatic carbocycles. The Bertz CT molecular complexity index is 1210. The van der Waals surface area contributed by atoms with Gasteiger partial charge in [-0.2, -0.15) is 14.9 Å². The summed E-state index contributed by atoms with van der Waals surface area (Å²) >= 11 is 5.38. The van der Waals surface area contributed by atoms with Crippen molar-refractivity contribution in [1.82, 2.24) is 14.9 Å². The smallest absolute Gasteiger partial charge is 0.216 e. The second-order valence-corrected chi connectivity index (χ2v) is 7.46. The Balaban J connectivity index is 1.70. The summed E-state index contributed by atoms with van der Waals surface area (Å²) in [6.07, 6.45) is 4.77. The molecule has 1 heterocycles. The van der Waals surface area contributed by atoms with Crippen LogP contribution in [0.4, 0.5) is 0 Å². The lowest BCUT2D eigenvalue weighted by Gasteiger charge is -2.12. The van der Waals surface area contributed by atoms with Gasteiger partial charge in [-0.25, -0.2) is 0 Å². The molecule has 4 rings (SSSR count). The number of unbranched alkanes of at least 4 members (excludes halogenated alkanes) is 1. The third-order valence-electron chi connectivity index (χ3n) is 4.94. The molecule has 0 atom stereocenters. The predicted octanol–water partition coefficient (Wildman–Crippen LogP) is 5.90. The van der Waals surface area contributed by atoms with Crippen molar-refractivity contribution < 1.29 is 4.74 Å². The summed E-state index contributed by atoms with van der Waals surface area (Å²) < 4.78 is 8.37. The number of hydrogen-bond donors (Lipinski definition) is 1. The van der Waals surface area contributed by atoms with E-state index in [4.69, 9.17) is 17.0 Å². The van der Waals surface area contributed by atoms with Gasteiger partial charge in [-0.3, -0.25) is 5.10 Å². The molecule has 6 heteroatoms. The highest BCUT2D eigenvalue weighted by Crippen LogP contribution is 2.27. The largest absolute Gasteiger partial charge is 0.488 e. The van der Waals surface area contributed by atoms with Gasteiger partial charge in [-0.1, -0.05) is 74.0 Å². The van der Waals surface area contributed by atoms with Crippen LogP contribution in [-0.2, 0) is 13.0 Å². The Kier molecular flexibility index (Phi) is 6.35. The Morgan fingerprint density at radius 2 is 1.87 bits per heavy atom. The van der Waals surface area contributed by atoms with Crippen LogP contribution in [-0.4, -0.2) is 21.1 Å². The number of ether oxygens (including phenoxy) is 1. The first-order valence-electron chi connectivity index (χ1n) is 10.2. The van der Waals surface area contributed by atoms with Gasteiger partial charge in [0, 0.05) is 12.0 Å². The number of nitrogens with one attached hydrogen (secondary N) is 1. The van der Waals surface area contributed by atoms with Crippen molar-refractivity contribution in [2.24, 2.45) is 5.10 Å². The first-order valence-corrected chi connectivity index (χ1v) is 10.6. The Labute approximate surface area is 181 Å². The van der Waals surface area contributed by atoms with E-state index in [0.717, 1.165) is 52.7 Å². The molecular formula is C24H24N4OS. The Morgan fingerprint density at radius 1 is 1.07 bits per heavy atom. The van der Waals surface area contributed by atoms with E-state index in [9.17, 15) is 0 Å². The molecule has 0 fully saturated rings. The summed E-state index contributed by atoms with van der Waals surface area (Å²) in [6.45, 7) is 2.65. The lowest BCUT2D eigenvalue weighted by molar-refractivity contribution is 0.306. The van der Waals surface area contributed by atoms with Crippen molar-refractivity contribution in [1.29, 1.82) is 0 Å². The number of nitrogens with zero attached hydrogens (tertiary/aromatic N) is 3. The van der Waals surface area contributed by atoms with Crippen LogP contribution in [0.5, 0.6) is 5.75 Å². The lowest BCUT2D eigenvalue weighted by atomic mass is 10.0. The average Bonchev–Trinajstić information content (AvgIpc) is 3.14. The summed E-state index contributed by atoms with van der Waals surface area (Å²) in [5, 5.41) is 14.1. The molecular weight excluding hydrogens is 392 g/mol. The second kappa shape index (κ2) is 9.50. The van der Waals surface area contributed by atoms with Crippen LogP contribution in [0.15, 0.2) is 71.8 Å². The Hall–Kier alpha value is -3.25. The highest BCUT2D eigenvalue weighted by molar-refractivity contribution is 7.71. The molecule has 0 saturated heterocycles. The topological polar surface area (TPSA) is 55.2 Å². The quantitative estimate of drug-likeness (QED) is 0.287. The minimum absolute atomic E-state index is 0.490. The van der Waals surface area contributed by atoms with E-state index in [1.807, 2.05) is 42.6 Å². The number of rotatable bonds is 8. The van der Waals surface area contributed by atoms with Crippen molar-refractivity contribution in [3.05, 3.63) is 88.5 Å². The van der Waals surface area contributed by atoms with Gasteiger partial charge in [0.2, 0.25) is 4.77 Å². The molecule has 4 aromatic rings. The molecule has 0 unspecified atom stereocenters. The van der Waals surface area contributed by atoms with Crippen LogP contribution in [0.1, 0.15) is 36.7 Å². The standard InChI is InChI=1S/C24H24N4OS/c1-2-3-13-23-26-27-24(30)28(23)25-16-21-20-12-8-7-11-19(20)14-15-22(21)29-17-18-9-5-4-6-10-18/h4-12,14-16H,2-3,13,17H2,1H3,(H,27,30). The number of aromatic amines is 1. The van der Waals surface area contributed by atoms with E-state index < -0.39 is 0 Å². The van der Waals surface area contributed by atoms with Gasteiger partial charge in [0.1, 0.15) is 12.4 Å². The number of aromatic nitrogens is 3. The normalized spacial score (nSPS) is 11.4. The molecule has 30 heavy (non-hydrogen) atoms. The van der Waals surface area contributed by atoms with E-state index in [0.29, 0.717) is 11.4 Å². The molecule has 1 aromatic heterocycles. The van der Waals surface area contributed by atoms with Crippen LogP contribution >= 0.6 is 12.2 Å². The van der Waals surface area contributed by atoms with Crippen molar-refractivity contribution in [2.45, 2.75) is 32.8 Å². The first kappa shape index (κ1) is 20.0. The Morgan fingerprint density at radius 3 is 2.70 bits per heavy atom. The minimum atomic E-state index is 0.490. The molecule has 0 amide bonds. The van der Waals surface area contributed by atoms with E-state index in [1.165, 1.54) is 0 Å². The molecule has 0 aliphatic carbocycles. The number of fused-ring (bicyclic) bond motifs is 1. The summed E-state index contributed by atoms with van der Waals surface area (Å²) in [5.41, 5.74) is 2.04. The van der Waals surface area contributed by atoms with Crippen LogP contribution in [0.2, 0.25) is 0 Å². The van der Waals surface area contributed by atoms with Gasteiger partial charge in [-0.15, -0.1) is 0 Å². The number of H-pyrrole nitrogens is 1. The minimum Gasteiger partial charge on any atom is -0.488 e. The highest BCUT2D eigenvalue weighted by Gasteiger charge is 2.09. The monoisotopic (exact) mass is 416 g/mol. The zero-order chi connectivity index (χ0) is 20.8. The highest BCUT2D eigenvalue weighted by atomic mass is 32.1. The van der Waals surface area contributed by atoms with Gasteiger partial charge in [-0.05, 0) is 41.0 Å². The fourth-order valence-electron chi connectivity index (χ4n) is 3.33. The molecule has 0 spiro atoms. The van der Waals surface area contributed by atoms with Gasteiger partial charge in [0.15, 0.2) is 5.82 Å². The van der Waals surface area contributed by atoms with E-state index >= 15 is 0 Å². The zero-order valence-corrected chi connectivity index (χ0v) is 17.7. The summed E-state index contributed by atoms with van der Waals surface area (Å²) in [5.74, 6) is 1.62. The first-order chi connectivity index (χ1) is 14.8. The van der Waals surface area contributed by atoms with Crippen LogP contribution in [0.3, 0.4) is 0 Å². The molecule has 1 N–H and O–H groups in total. The number of benzene rings is 3. The predicted molar refractivity (Wildman–Crippen MR) is 124 cm³/mol. The summed E-state index contributed by atoms with van der Waals surface area (Å²) in [6, 6.07) is 22.4. The summed E-state index contributed by atoms with van der Waals surface area (Å²) in [7, 11) is 0. The molecule has 0 bridgehead atoms. The van der Waals surface area contributed by atoms with Gasteiger partial charge in [0.25, 0.3) is 0 Å². The molecule has 0 radical (unpaired) electrons. The van der Waals surface area contributed by atoms with E-state index in [-0.39, 0.29) is 0 Å². The maximum atomic E-state index is 6.18. The number of hydrogen-bond acceptors (Lipinski definition) is 4. The zero-order valence-electron chi connectivity index (χ0n) is 16.9. The maximum Gasteiger partial charge on any atom is 0.216 e. The molecule has 0 aliphatic rings. The maximum absolute atomic E-state index is 6.18. The third-order valence-corrected chi connectivity index (χ3v) is 5.21. The van der Waals surface area contributed by atoms with Crippen molar-refractivity contribution in [2.75, 3.05) is 0 Å². The van der Waals surface area contributed by atoms with Crippen LogP contribution < -0.4 is 4.74 Å². The van der Waals surface area contributed by atoms with Crippen molar-refractivity contribution >= 4 is 29.2 Å². The van der Waals surface area contributed by atoms with Crippen LogP contribution in [0.25, 0.3) is 10.8 Å². The molecule has 0 aliphatic heterocycles.